The van der Waals surface area contributed by atoms with Crippen molar-refractivity contribution in [2.75, 3.05) is 25.6 Å². The van der Waals surface area contributed by atoms with Crippen molar-refractivity contribution >= 4 is 17.5 Å². The molecule has 0 aromatic heterocycles. The van der Waals surface area contributed by atoms with E-state index >= 15 is 0 Å². The molecule has 1 atom stereocenters. The van der Waals surface area contributed by atoms with E-state index in [1.165, 1.54) is 0 Å². The number of methoxy groups -OCH3 is 1. The normalized spacial score (nSPS) is 15.7. The first kappa shape index (κ1) is 20.9. The van der Waals surface area contributed by atoms with E-state index in [0.717, 1.165) is 36.3 Å². The summed E-state index contributed by atoms with van der Waals surface area (Å²) in [5.74, 6) is 0.501. The molecule has 29 heavy (non-hydrogen) atoms. The molecule has 3 rings (SSSR count). The molecule has 2 N–H and O–H groups in total. The van der Waals surface area contributed by atoms with Crippen LogP contribution in [-0.2, 0) is 16.0 Å². The number of carbonyl (C=O) groups excluding carboxylic acids is 2. The van der Waals surface area contributed by atoms with E-state index in [0.29, 0.717) is 30.6 Å². The molecule has 1 aliphatic heterocycles. The van der Waals surface area contributed by atoms with Gasteiger partial charge in [0.15, 0.2) is 0 Å². The van der Waals surface area contributed by atoms with Gasteiger partial charge < -0.3 is 20.1 Å². The third-order valence-corrected chi connectivity index (χ3v) is 5.06. The van der Waals surface area contributed by atoms with Crippen LogP contribution in [0.5, 0.6) is 5.75 Å². The van der Waals surface area contributed by atoms with Gasteiger partial charge in [0.05, 0.1) is 24.5 Å². The van der Waals surface area contributed by atoms with Gasteiger partial charge in [-0.05, 0) is 55.5 Å². The van der Waals surface area contributed by atoms with Gasteiger partial charge in [-0.3, -0.25) is 9.59 Å². The molecule has 2 amide bonds. The van der Waals surface area contributed by atoms with Crippen molar-refractivity contribution in [3.63, 3.8) is 0 Å². The van der Waals surface area contributed by atoms with Crippen LogP contribution < -0.4 is 15.4 Å². The van der Waals surface area contributed by atoms with Gasteiger partial charge in [0.2, 0.25) is 5.91 Å². The molecule has 2 aromatic carbocycles. The van der Waals surface area contributed by atoms with Crippen LogP contribution >= 0.6 is 0 Å². The maximum Gasteiger partial charge on any atom is 0.253 e. The maximum atomic E-state index is 12.6. The average Bonchev–Trinajstić information content (AvgIpc) is 3.25. The quantitative estimate of drug-likeness (QED) is 0.716. The maximum absolute atomic E-state index is 12.6. The number of hydrogen-bond acceptors (Lipinski definition) is 4. The number of amides is 2. The summed E-state index contributed by atoms with van der Waals surface area (Å²) in [6.07, 6.45) is 3.01. The number of aryl methyl sites for hydroxylation is 2. The second-order valence-corrected chi connectivity index (χ2v) is 7.24. The van der Waals surface area contributed by atoms with Crippen LogP contribution in [0.1, 0.15) is 40.7 Å². The Balaban J connectivity index is 1.55. The Morgan fingerprint density at radius 3 is 2.76 bits per heavy atom. The van der Waals surface area contributed by atoms with Crippen molar-refractivity contribution < 1.29 is 19.1 Å². The minimum absolute atomic E-state index is 0.0775. The monoisotopic (exact) mass is 396 g/mol. The van der Waals surface area contributed by atoms with Gasteiger partial charge in [0.1, 0.15) is 5.75 Å². The molecule has 1 heterocycles. The number of benzene rings is 2. The molecule has 0 aliphatic carbocycles. The highest BCUT2D eigenvalue weighted by Gasteiger charge is 2.18. The second kappa shape index (κ2) is 10.1. The van der Waals surface area contributed by atoms with Gasteiger partial charge in [-0.1, -0.05) is 24.3 Å². The fraction of sp³-hybridized carbons (Fsp3) is 0.391. The SMILES string of the molecule is COc1ccc(CCC(=O)Nc2ccccc2C(=O)NCC2CCCO2)cc1C. The molecule has 1 saturated heterocycles. The van der Waals surface area contributed by atoms with Gasteiger partial charge in [-0.2, -0.15) is 0 Å². The fourth-order valence-electron chi connectivity index (χ4n) is 3.46. The first-order chi connectivity index (χ1) is 14.1. The van der Waals surface area contributed by atoms with Crippen molar-refractivity contribution in [3.8, 4) is 5.75 Å². The Bertz CT molecular complexity index is 860. The number of hydrogen-bond donors (Lipinski definition) is 2. The standard InChI is InChI=1S/C23H28N2O4/c1-16-14-17(9-11-21(16)28-2)10-12-22(26)25-20-8-4-3-7-19(20)23(27)24-15-18-6-5-13-29-18/h3-4,7-9,11,14,18H,5-6,10,12-13,15H2,1-2H3,(H,24,27)(H,25,26). The van der Waals surface area contributed by atoms with Crippen molar-refractivity contribution in [2.24, 2.45) is 0 Å². The summed E-state index contributed by atoms with van der Waals surface area (Å²) in [5.41, 5.74) is 3.09. The smallest absolute Gasteiger partial charge is 0.253 e. The topological polar surface area (TPSA) is 76.7 Å². The van der Waals surface area contributed by atoms with Gasteiger partial charge >= 0.3 is 0 Å². The Morgan fingerprint density at radius 1 is 1.21 bits per heavy atom. The predicted molar refractivity (Wildman–Crippen MR) is 112 cm³/mol. The van der Waals surface area contributed by atoms with Crippen LogP contribution in [0.4, 0.5) is 5.69 Å². The minimum Gasteiger partial charge on any atom is -0.496 e. The lowest BCUT2D eigenvalue weighted by molar-refractivity contribution is -0.116. The third kappa shape index (κ3) is 5.81. The van der Waals surface area contributed by atoms with Crippen molar-refractivity contribution in [1.82, 2.24) is 5.32 Å². The van der Waals surface area contributed by atoms with Crippen LogP contribution in [0.15, 0.2) is 42.5 Å². The van der Waals surface area contributed by atoms with Crippen LogP contribution in [0.25, 0.3) is 0 Å². The van der Waals surface area contributed by atoms with Crippen LogP contribution in [0.3, 0.4) is 0 Å². The molecule has 1 unspecified atom stereocenters. The van der Waals surface area contributed by atoms with E-state index in [-0.39, 0.29) is 17.9 Å². The summed E-state index contributed by atoms with van der Waals surface area (Å²) < 4.78 is 10.8. The lowest BCUT2D eigenvalue weighted by Crippen LogP contribution is -2.32. The molecule has 1 aliphatic rings. The highest BCUT2D eigenvalue weighted by molar-refractivity contribution is 6.03. The molecule has 0 saturated carbocycles. The molecular formula is C23H28N2O4. The minimum atomic E-state index is -0.206. The molecule has 154 valence electrons. The first-order valence-electron chi connectivity index (χ1n) is 9.99. The van der Waals surface area contributed by atoms with E-state index in [2.05, 4.69) is 10.6 Å². The third-order valence-electron chi connectivity index (χ3n) is 5.06. The fourth-order valence-corrected chi connectivity index (χ4v) is 3.46. The Labute approximate surface area is 171 Å². The van der Waals surface area contributed by atoms with Gasteiger partial charge in [-0.25, -0.2) is 0 Å². The zero-order valence-corrected chi connectivity index (χ0v) is 17.0. The zero-order valence-electron chi connectivity index (χ0n) is 17.0. The summed E-state index contributed by atoms with van der Waals surface area (Å²) in [6.45, 7) is 3.21. The first-order valence-corrected chi connectivity index (χ1v) is 9.99. The molecule has 0 bridgehead atoms. The Hall–Kier alpha value is -2.86. The lowest BCUT2D eigenvalue weighted by Gasteiger charge is -2.14. The van der Waals surface area contributed by atoms with E-state index in [1.54, 1.807) is 31.4 Å². The summed E-state index contributed by atoms with van der Waals surface area (Å²) in [4.78, 5) is 25.0. The molecule has 6 heteroatoms. The second-order valence-electron chi connectivity index (χ2n) is 7.24. The summed E-state index contributed by atoms with van der Waals surface area (Å²) in [5, 5.41) is 5.77. The van der Waals surface area contributed by atoms with E-state index in [9.17, 15) is 9.59 Å². The number of nitrogens with one attached hydrogen (secondary N) is 2. The highest BCUT2D eigenvalue weighted by atomic mass is 16.5. The van der Waals surface area contributed by atoms with Crippen molar-refractivity contribution in [3.05, 3.63) is 59.2 Å². The molecular weight excluding hydrogens is 368 g/mol. The summed E-state index contributed by atoms with van der Waals surface area (Å²) in [6, 6.07) is 13.0. The molecule has 6 nitrogen and oxygen atoms in total. The van der Waals surface area contributed by atoms with Crippen LogP contribution in [-0.4, -0.2) is 38.2 Å². The van der Waals surface area contributed by atoms with Gasteiger partial charge in [0, 0.05) is 19.6 Å². The molecule has 1 fully saturated rings. The molecule has 0 radical (unpaired) electrons. The lowest BCUT2D eigenvalue weighted by atomic mass is 10.1. The van der Waals surface area contributed by atoms with Gasteiger partial charge in [0.25, 0.3) is 5.91 Å². The van der Waals surface area contributed by atoms with E-state index in [4.69, 9.17) is 9.47 Å². The summed E-state index contributed by atoms with van der Waals surface area (Å²) in [7, 11) is 1.64. The van der Waals surface area contributed by atoms with Gasteiger partial charge in [-0.15, -0.1) is 0 Å². The Kier molecular flexibility index (Phi) is 7.25. The van der Waals surface area contributed by atoms with E-state index < -0.39 is 0 Å². The number of ether oxygens (including phenoxy) is 2. The number of rotatable bonds is 8. The average molecular weight is 396 g/mol. The number of para-hydroxylation sites is 1. The molecule has 0 spiro atoms. The predicted octanol–water partition coefficient (Wildman–Crippen LogP) is 3.48. The zero-order chi connectivity index (χ0) is 20.6. The largest absolute Gasteiger partial charge is 0.496 e. The number of carbonyl (C=O) groups is 2. The van der Waals surface area contributed by atoms with Crippen LogP contribution in [0, 0.1) is 6.92 Å². The van der Waals surface area contributed by atoms with Crippen LogP contribution in [0.2, 0.25) is 0 Å². The Morgan fingerprint density at radius 2 is 2.03 bits per heavy atom. The molecule has 2 aromatic rings. The van der Waals surface area contributed by atoms with Crippen molar-refractivity contribution in [2.45, 2.75) is 38.7 Å². The summed E-state index contributed by atoms with van der Waals surface area (Å²) >= 11 is 0. The highest BCUT2D eigenvalue weighted by Crippen LogP contribution is 2.20. The number of anilines is 1. The van der Waals surface area contributed by atoms with Crippen molar-refractivity contribution in [1.29, 1.82) is 0 Å². The van der Waals surface area contributed by atoms with E-state index in [1.807, 2.05) is 25.1 Å².